The van der Waals surface area contributed by atoms with Gasteiger partial charge in [-0.2, -0.15) is 5.10 Å². The lowest BCUT2D eigenvalue weighted by Crippen LogP contribution is -2.06. The number of rotatable bonds is 2. The lowest BCUT2D eigenvalue weighted by Gasteiger charge is -2.05. The average Bonchev–Trinajstić information content (AvgIpc) is 2.95. The number of aromatic carboxylic acids is 1. The molecule has 1 aromatic carbocycles. The zero-order valence-electron chi connectivity index (χ0n) is 12.7. The van der Waals surface area contributed by atoms with Crippen LogP contribution < -0.4 is 4.87 Å². The van der Waals surface area contributed by atoms with E-state index in [9.17, 15) is 14.7 Å². The number of carbonyl (C=O) groups is 1. The highest BCUT2D eigenvalue weighted by Crippen LogP contribution is 2.31. The molecular weight excluding hydrogens is 314 g/mol. The van der Waals surface area contributed by atoms with Crippen LogP contribution in [0.2, 0.25) is 0 Å². The Hall–Kier alpha value is -2.85. The summed E-state index contributed by atoms with van der Waals surface area (Å²) in [5.74, 6) is 1.31. The predicted octanol–water partition coefficient (Wildman–Crippen LogP) is 1.99. The van der Waals surface area contributed by atoms with Crippen LogP contribution in [-0.2, 0) is 14.1 Å². The summed E-state index contributed by atoms with van der Waals surface area (Å²) >= 11 is 1.17. The van der Waals surface area contributed by atoms with E-state index in [1.54, 1.807) is 18.7 Å². The van der Waals surface area contributed by atoms with Crippen molar-refractivity contribution >= 4 is 27.5 Å². The Morgan fingerprint density at radius 1 is 1.39 bits per heavy atom. The number of fused-ring (bicyclic) bond motifs is 1. The molecule has 0 bridgehead atoms. The summed E-state index contributed by atoms with van der Waals surface area (Å²) in [6.45, 7) is 1.88. The Balaban J connectivity index is 2.38. The number of hydrogen-bond acceptors (Lipinski definition) is 4. The Morgan fingerprint density at radius 2 is 2.09 bits per heavy atom. The van der Waals surface area contributed by atoms with E-state index in [4.69, 9.17) is 6.42 Å². The first-order valence-electron chi connectivity index (χ1n) is 6.72. The Kier molecular flexibility index (Phi) is 3.34. The molecule has 0 saturated carbocycles. The minimum absolute atomic E-state index is 0.0267. The molecule has 0 spiro atoms. The molecule has 7 heteroatoms. The van der Waals surface area contributed by atoms with Gasteiger partial charge in [0.05, 0.1) is 15.8 Å². The van der Waals surface area contributed by atoms with Gasteiger partial charge in [0.25, 0.3) is 0 Å². The second-order valence-electron chi connectivity index (χ2n) is 5.21. The summed E-state index contributed by atoms with van der Waals surface area (Å²) in [5.41, 5.74) is 3.02. The number of terminal acetylenes is 1. The number of hydrogen-bond donors (Lipinski definition) is 1. The molecule has 0 amide bonds. The van der Waals surface area contributed by atoms with Gasteiger partial charge in [-0.3, -0.25) is 9.48 Å². The third kappa shape index (κ3) is 2.15. The zero-order chi connectivity index (χ0) is 16.9. The van der Waals surface area contributed by atoms with Gasteiger partial charge in [-0.1, -0.05) is 17.3 Å². The van der Waals surface area contributed by atoms with Crippen molar-refractivity contribution in [1.29, 1.82) is 0 Å². The minimum atomic E-state index is -1.12. The normalized spacial score (nSPS) is 10.9. The molecule has 2 aromatic heterocycles. The van der Waals surface area contributed by atoms with Crippen molar-refractivity contribution in [1.82, 2.24) is 14.3 Å². The zero-order valence-corrected chi connectivity index (χ0v) is 13.6. The molecule has 0 unspecified atom stereocenters. The Labute approximate surface area is 135 Å². The number of thiazole rings is 1. The summed E-state index contributed by atoms with van der Waals surface area (Å²) in [5, 5.41) is 13.6. The van der Waals surface area contributed by atoms with Gasteiger partial charge in [0, 0.05) is 19.7 Å². The third-order valence-corrected chi connectivity index (χ3v) is 4.78. The Bertz CT molecular complexity index is 1060. The maximum Gasteiger partial charge on any atom is 0.355 e. The average molecular weight is 327 g/mol. The highest BCUT2D eigenvalue weighted by atomic mass is 32.1. The molecule has 0 fully saturated rings. The van der Waals surface area contributed by atoms with Crippen LogP contribution in [0.15, 0.2) is 16.9 Å². The van der Waals surface area contributed by atoms with Gasteiger partial charge in [-0.15, -0.1) is 6.42 Å². The highest BCUT2D eigenvalue weighted by molar-refractivity contribution is 7.16. The number of nitrogens with zero attached hydrogens (tertiary/aromatic N) is 3. The van der Waals surface area contributed by atoms with E-state index < -0.39 is 5.97 Å². The van der Waals surface area contributed by atoms with Crippen LogP contribution in [0.25, 0.3) is 21.5 Å². The van der Waals surface area contributed by atoms with E-state index >= 15 is 0 Å². The molecule has 23 heavy (non-hydrogen) atoms. The molecule has 6 nitrogen and oxygen atoms in total. The fourth-order valence-electron chi connectivity index (χ4n) is 2.62. The van der Waals surface area contributed by atoms with Crippen molar-refractivity contribution in [3.8, 4) is 23.6 Å². The first-order chi connectivity index (χ1) is 10.8. The SMILES string of the molecule is C#Cc1c(-c2cc3c(cc2C)sc(=O)n3C)nn(C)c1C(=O)O. The summed E-state index contributed by atoms with van der Waals surface area (Å²) < 4.78 is 3.69. The van der Waals surface area contributed by atoms with Gasteiger partial charge in [0.1, 0.15) is 5.69 Å². The maximum absolute atomic E-state index is 11.8. The second kappa shape index (κ2) is 5.11. The summed E-state index contributed by atoms with van der Waals surface area (Å²) in [6.07, 6.45) is 5.52. The fourth-order valence-corrected chi connectivity index (χ4v) is 3.58. The molecule has 0 aliphatic rings. The van der Waals surface area contributed by atoms with Crippen LogP contribution in [-0.4, -0.2) is 25.4 Å². The number of benzene rings is 1. The van der Waals surface area contributed by atoms with Crippen LogP contribution in [0.4, 0.5) is 0 Å². The van der Waals surface area contributed by atoms with E-state index in [1.807, 2.05) is 19.1 Å². The molecule has 0 atom stereocenters. The van der Waals surface area contributed by atoms with Gasteiger partial charge in [0.15, 0.2) is 5.69 Å². The fraction of sp³-hybridized carbons (Fsp3) is 0.188. The standard InChI is InChI=1S/C16H13N3O3S/c1-5-9-13(17-19(4)14(9)15(20)21)10-7-11-12(6-8(10)2)23-16(22)18(11)3/h1,6-7H,2-4H3,(H,20,21). The third-order valence-electron chi connectivity index (χ3n) is 3.79. The molecular formula is C16H13N3O3S. The van der Waals surface area contributed by atoms with Crippen molar-refractivity contribution in [3.05, 3.63) is 38.6 Å². The summed E-state index contributed by atoms with van der Waals surface area (Å²) in [4.78, 5) is 23.2. The topological polar surface area (TPSA) is 77.1 Å². The molecule has 2 heterocycles. The van der Waals surface area contributed by atoms with Crippen molar-refractivity contribution in [2.24, 2.45) is 14.1 Å². The largest absolute Gasteiger partial charge is 0.476 e. The van der Waals surface area contributed by atoms with Crippen LogP contribution in [0, 0.1) is 19.3 Å². The van der Waals surface area contributed by atoms with Crippen molar-refractivity contribution in [2.75, 3.05) is 0 Å². The van der Waals surface area contributed by atoms with E-state index in [-0.39, 0.29) is 16.1 Å². The number of carboxylic acids is 1. The molecule has 3 rings (SSSR count). The lowest BCUT2D eigenvalue weighted by molar-refractivity contribution is 0.0684. The maximum atomic E-state index is 11.8. The van der Waals surface area contributed by atoms with E-state index in [1.165, 1.54) is 16.0 Å². The van der Waals surface area contributed by atoms with Gasteiger partial charge >= 0.3 is 10.8 Å². The number of aryl methyl sites for hydroxylation is 3. The smallest absolute Gasteiger partial charge is 0.355 e. The second-order valence-corrected chi connectivity index (χ2v) is 6.20. The van der Waals surface area contributed by atoms with Crippen molar-refractivity contribution < 1.29 is 9.90 Å². The van der Waals surface area contributed by atoms with Crippen LogP contribution >= 0.6 is 11.3 Å². The van der Waals surface area contributed by atoms with Crippen LogP contribution in [0.1, 0.15) is 21.6 Å². The molecule has 0 radical (unpaired) electrons. The monoisotopic (exact) mass is 327 g/mol. The van der Waals surface area contributed by atoms with E-state index in [2.05, 4.69) is 11.0 Å². The van der Waals surface area contributed by atoms with Crippen LogP contribution in [0.3, 0.4) is 0 Å². The van der Waals surface area contributed by atoms with Crippen molar-refractivity contribution in [2.45, 2.75) is 6.92 Å². The molecule has 116 valence electrons. The van der Waals surface area contributed by atoms with E-state index in [0.29, 0.717) is 5.69 Å². The molecule has 0 saturated heterocycles. The summed E-state index contributed by atoms with van der Waals surface area (Å²) in [6, 6.07) is 3.73. The number of carboxylic acid groups (broad SMARTS) is 1. The van der Waals surface area contributed by atoms with Gasteiger partial charge < -0.3 is 9.67 Å². The highest BCUT2D eigenvalue weighted by Gasteiger charge is 2.23. The first kappa shape index (κ1) is 15.1. The van der Waals surface area contributed by atoms with Crippen LogP contribution in [0.5, 0.6) is 0 Å². The quantitative estimate of drug-likeness (QED) is 0.730. The molecule has 0 aliphatic heterocycles. The van der Waals surface area contributed by atoms with Gasteiger partial charge in [-0.25, -0.2) is 4.79 Å². The molecule has 1 N–H and O–H groups in total. The lowest BCUT2D eigenvalue weighted by atomic mass is 10.0. The Morgan fingerprint density at radius 3 is 2.70 bits per heavy atom. The van der Waals surface area contributed by atoms with Crippen molar-refractivity contribution in [3.63, 3.8) is 0 Å². The predicted molar refractivity (Wildman–Crippen MR) is 88.9 cm³/mol. The molecule has 0 aliphatic carbocycles. The van der Waals surface area contributed by atoms with E-state index in [0.717, 1.165) is 21.3 Å². The number of aromatic nitrogens is 3. The van der Waals surface area contributed by atoms with Gasteiger partial charge in [0.2, 0.25) is 0 Å². The minimum Gasteiger partial charge on any atom is -0.476 e. The van der Waals surface area contributed by atoms with Gasteiger partial charge in [-0.05, 0) is 24.6 Å². The summed E-state index contributed by atoms with van der Waals surface area (Å²) in [7, 11) is 3.24. The first-order valence-corrected chi connectivity index (χ1v) is 7.54. The molecule has 3 aromatic rings.